The molecule has 0 spiro atoms. The molecule has 1 aromatic rings. The number of nitrogens with two attached hydrogens (primary N) is 1. The molecule has 1 aliphatic heterocycles. The summed E-state index contributed by atoms with van der Waals surface area (Å²) in [4.78, 5) is 0.126. The van der Waals surface area contributed by atoms with Crippen molar-refractivity contribution in [3.63, 3.8) is 0 Å². The van der Waals surface area contributed by atoms with Gasteiger partial charge in [0.05, 0.1) is 4.90 Å². The van der Waals surface area contributed by atoms with Crippen molar-refractivity contribution in [2.75, 3.05) is 6.54 Å². The number of nitrogens with zero attached hydrogens (tertiary/aromatic N) is 1. The minimum Gasteiger partial charge on any atom is -0.329 e. The molecule has 0 bridgehead atoms. The zero-order valence-electron chi connectivity index (χ0n) is 10.9. The predicted octanol–water partition coefficient (Wildman–Crippen LogP) is 1.72. The molecule has 2 atom stereocenters. The van der Waals surface area contributed by atoms with Gasteiger partial charge < -0.3 is 5.73 Å². The lowest BCUT2D eigenvalue weighted by molar-refractivity contribution is 0.196. The Hall–Kier alpha value is -0.980. The van der Waals surface area contributed by atoms with Gasteiger partial charge in [-0.15, -0.1) is 0 Å². The Morgan fingerprint density at radius 3 is 2.53 bits per heavy atom. The molecule has 0 aliphatic carbocycles. The summed E-state index contributed by atoms with van der Waals surface area (Å²) in [7, 11) is -3.60. The highest BCUT2D eigenvalue weighted by Gasteiger charge is 2.37. The van der Waals surface area contributed by atoms with Crippen LogP contribution in [0.1, 0.15) is 26.2 Å². The largest absolute Gasteiger partial charge is 0.329 e. The van der Waals surface area contributed by atoms with E-state index in [1.54, 1.807) is 0 Å². The van der Waals surface area contributed by atoms with Gasteiger partial charge in [-0.05, 0) is 44.0 Å². The third-order valence-electron chi connectivity index (χ3n) is 3.61. The van der Waals surface area contributed by atoms with Gasteiger partial charge >= 0.3 is 0 Å². The van der Waals surface area contributed by atoms with Crippen LogP contribution in [0.15, 0.2) is 29.2 Å². The summed E-state index contributed by atoms with van der Waals surface area (Å²) in [6.07, 6.45) is 2.59. The van der Waals surface area contributed by atoms with Crippen LogP contribution < -0.4 is 5.73 Å². The van der Waals surface area contributed by atoms with Gasteiger partial charge in [-0.3, -0.25) is 0 Å². The van der Waals surface area contributed by atoms with Crippen molar-refractivity contribution in [1.29, 1.82) is 0 Å². The van der Waals surface area contributed by atoms with Gasteiger partial charge in [-0.25, -0.2) is 12.8 Å². The molecule has 1 saturated heterocycles. The molecule has 6 heteroatoms. The van der Waals surface area contributed by atoms with E-state index in [0.29, 0.717) is 6.54 Å². The van der Waals surface area contributed by atoms with Crippen molar-refractivity contribution in [3.8, 4) is 0 Å². The maximum absolute atomic E-state index is 12.9. The molecule has 4 nitrogen and oxygen atoms in total. The van der Waals surface area contributed by atoms with Crippen molar-refractivity contribution < 1.29 is 12.8 Å². The van der Waals surface area contributed by atoms with Crippen LogP contribution in [0.3, 0.4) is 0 Å². The summed E-state index contributed by atoms with van der Waals surface area (Å²) in [5.74, 6) is -0.444. The molecular formula is C13H19FN2O2S. The number of hydrogen-bond donors (Lipinski definition) is 1. The first-order valence-corrected chi connectivity index (χ1v) is 7.90. The van der Waals surface area contributed by atoms with Gasteiger partial charge in [0.2, 0.25) is 10.0 Å². The van der Waals surface area contributed by atoms with E-state index in [2.05, 4.69) is 0 Å². The van der Waals surface area contributed by atoms with Gasteiger partial charge in [-0.2, -0.15) is 4.31 Å². The van der Waals surface area contributed by atoms with Gasteiger partial charge in [-0.1, -0.05) is 6.42 Å². The normalized spacial score (nSPS) is 25.4. The first-order chi connectivity index (χ1) is 8.96. The molecule has 1 fully saturated rings. The van der Waals surface area contributed by atoms with E-state index in [-0.39, 0.29) is 17.0 Å². The number of benzene rings is 1. The molecule has 0 saturated carbocycles. The summed E-state index contributed by atoms with van der Waals surface area (Å²) in [6, 6.07) is 4.70. The van der Waals surface area contributed by atoms with E-state index in [1.165, 1.54) is 28.6 Å². The molecule has 1 aromatic carbocycles. The predicted molar refractivity (Wildman–Crippen MR) is 71.6 cm³/mol. The Bertz CT molecular complexity index is 530. The van der Waals surface area contributed by atoms with Crippen LogP contribution in [0.5, 0.6) is 0 Å². The maximum atomic E-state index is 12.9. The zero-order chi connectivity index (χ0) is 14.0. The molecular weight excluding hydrogens is 267 g/mol. The van der Waals surface area contributed by atoms with E-state index in [1.807, 2.05) is 6.92 Å². The molecule has 1 aliphatic rings. The third-order valence-corrected chi connectivity index (χ3v) is 5.70. The van der Waals surface area contributed by atoms with E-state index >= 15 is 0 Å². The molecule has 2 rings (SSSR count). The maximum Gasteiger partial charge on any atom is 0.243 e. The molecule has 106 valence electrons. The highest BCUT2D eigenvalue weighted by Crippen LogP contribution is 2.29. The number of rotatable bonds is 3. The quantitative estimate of drug-likeness (QED) is 0.920. The van der Waals surface area contributed by atoms with Gasteiger partial charge in [0, 0.05) is 18.6 Å². The molecule has 19 heavy (non-hydrogen) atoms. The van der Waals surface area contributed by atoms with Gasteiger partial charge in [0.25, 0.3) is 0 Å². The lowest BCUT2D eigenvalue weighted by Crippen LogP contribution is -2.51. The Morgan fingerprint density at radius 2 is 1.95 bits per heavy atom. The smallest absolute Gasteiger partial charge is 0.243 e. The van der Waals surface area contributed by atoms with Crippen molar-refractivity contribution in [2.24, 2.45) is 5.73 Å². The van der Waals surface area contributed by atoms with Crippen molar-refractivity contribution >= 4 is 10.0 Å². The number of hydrogen-bond acceptors (Lipinski definition) is 3. The standard InChI is InChI=1S/C13H19FN2O2S/c1-10-3-2-4-12(9-15)16(10)19(17,18)13-7-5-11(14)6-8-13/h5-8,10,12H,2-4,9,15H2,1H3. The minimum atomic E-state index is -3.60. The van der Waals surface area contributed by atoms with Gasteiger partial charge in [0.1, 0.15) is 5.82 Å². The van der Waals surface area contributed by atoms with Crippen LogP contribution in [0.2, 0.25) is 0 Å². The second-order valence-corrected chi connectivity index (χ2v) is 6.80. The summed E-state index contributed by atoms with van der Waals surface area (Å²) in [5.41, 5.74) is 5.69. The van der Waals surface area contributed by atoms with Crippen LogP contribution in [0.4, 0.5) is 4.39 Å². The average molecular weight is 286 g/mol. The van der Waals surface area contributed by atoms with Crippen LogP contribution in [0, 0.1) is 5.82 Å². The lowest BCUT2D eigenvalue weighted by atomic mass is 10.00. The van der Waals surface area contributed by atoms with Crippen LogP contribution >= 0.6 is 0 Å². The Labute approximate surface area is 113 Å². The monoisotopic (exact) mass is 286 g/mol. The van der Waals surface area contributed by atoms with E-state index in [0.717, 1.165) is 19.3 Å². The van der Waals surface area contributed by atoms with E-state index in [4.69, 9.17) is 5.73 Å². The number of halogens is 1. The van der Waals surface area contributed by atoms with Crippen molar-refractivity contribution in [3.05, 3.63) is 30.1 Å². The average Bonchev–Trinajstić information content (AvgIpc) is 2.38. The highest BCUT2D eigenvalue weighted by atomic mass is 32.2. The lowest BCUT2D eigenvalue weighted by Gasteiger charge is -2.38. The minimum absolute atomic E-state index is 0.0719. The summed E-state index contributed by atoms with van der Waals surface area (Å²) in [6.45, 7) is 2.20. The van der Waals surface area contributed by atoms with Crippen LogP contribution in [0.25, 0.3) is 0 Å². The summed E-state index contributed by atoms with van der Waals surface area (Å²) >= 11 is 0. The first kappa shape index (κ1) is 14.4. The second kappa shape index (κ2) is 5.56. The number of sulfonamides is 1. The fourth-order valence-corrected chi connectivity index (χ4v) is 4.53. The topological polar surface area (TPSA) is 63.4 Å². The third kappa shape index (κ3) is 2.80. The summed E-state index contributed by atoms with van der Waals surface area (Å²) < 4.78 is 39.7. The van der Waals surface area contributed by atoms with Gasteiger partial charge in [0.15, 0.2) is 0 Å². The zero-order valence-corrected chi connectivity index (χ0v) is 11.7. The first-order valence-electron chi connectivity index (χ1n) is 6.46. The fraction of sp³-hybridized carbons (Fsp3) is 0.538. The fourth-order valence-electron chi connectivity index (χ4n) is 2.65. The molecule has 0 amide bonds. The summed E-state index contributed by atoms with van der Waals surface area (Å²) in [5, 5.41) is 0. The van der Waals surface area contributed by atoms with E-state index < -0.39 is 15.8 Å². The number of piperidine rings is 1. The molecule has 2 N–H and O–H groups in total. The second-order valence-electron chi connectivity index (χ2n) is 4.96. The van der Waals surface area contributed by atoms with Crippen molar-refractivity contribution in [1.82, 2.24) is 4.31 Å². The SMILES string of the molecule is CC1CCCC(CN)N1S(=O)(=O)c1ccc(F)cc1. The molecule has 0 aromatic heterocycles. The molecule has 2 unspecified atom stereocenters. The van der Waals surface area contributed by atoms with E-state index in [9.17, 15) is 12.8 Å². The Balaban J connectivity index is 2.38. The Morgan fingerprint density at radius 1 is 1.32 bits per heavy atom. The molecule has 1 heterocycles. The van der Waals surface area contributed by atoms with Crippen LogP contribution in [-0.4, -0.2) is 31.4 Å². The van der Waals surface area contributed by atoms with Crippen LogP contribution in [-0.2, 0) is 10.0 Å². The Kier molecular flexibility index (Phi) is 4.23. The molecule has 0 radical (unpaired) electrons. The van der Waals surface area contributed by atoms with Crippen molar-refractivity contribution in [2.45, 2.75) is 43.2 Å². The highest BCUT2D eigenvalue weighted by molar-refractivity contribution is 7.89.